The molecular formula is C16H17Cl3N4O2. The van der Waals surface area contributed by atoms with Gasteiger partial charge in [0.1, 0.15) is 5.92 Å². The van der Waals surface area contributed by atoms with Crippen LogP contribution in [-0.4, -0.2) is 22.6 Å². The molecule has 0 spiro atoms. The lowest BCUT2D eigenvalue weighted by atomic mass is 9.77. The van der Waals surface area contributed by atoms with Crippen molar-refractivity contribution in [2.24, 2.45) is 5.73 Å². The van der Waals surface area contributed by atoms with E-state index in [2.05, 4.69) is 10.1 Å². The standard InChI is InChI=1S/C16H16Cl2N4O2.ClH/c17-9-2-3-11(18)12(8-9)22-7-4-10(14(22)23)13-20-15(21-24-13)16(19)5-1-6-16;/h2-3,8,10H,1,4-7,19H2;1H. The molecule has 2 aromatic rings. The maximum atomic E-state index is 12.8. The summed E-state index contributed by atoms with van der Waals surface area (Å²) in [7, 11) is 0. The average Bonchev–Trinajstić information content (AvgIpc) is 3.14. The van der Waals surface area contributed by atoms with Gasteiger partial charge in [-0.2, -0.15) is 4.98 Å². The minimum absolute atomic E-state index is 0. The second-order valence-electron chi connectivity index (χ2n) is 6.39. The smallest absolute Gasteiger partial charge is 0.239 e. The number of aromatic nitrogens is 2. The molecule has 2 aliphatic rings. The van der Waals surface area contributed by atoms with Crippen LogP contribution in [0.15, 0.2) is 22.7 Å². The summed E-state index contributed by atoms with van der Waals surface area (Å²) in [6.07, 6.45) is 3.33. The Morgan fingerprint density at radius 1 is 1.32 bits per heavy atom. The molecule has 0 bridgehead atoms. The molecule has 9 heteroatoms. The molecule has 1 atom stereocenters. The topological polar surface area (TPSA) is 85.2 Å². The highest BCUT2D eigenvalue weighted by Crippen LogP contribution is 2.39. The van der Waals surface area contributed by atoms with Crippen molar-refractivity contribution in [1.29, 1.82) is 0 Å². The Morgan fingerprint density at radius 2 is 2.08 bits per heavy atom. The molecule has 1 unspecified atom stereocenters. The molecule has 2 heterocycles. The molecule has 1 aliphatic carbocycles. The van der Waals surface area contributed by atoms with Crippen molar-refractivity contribution in [3.05, 3.63) is 40.0 Å². The van der Waals surface area contributed by atoms with E-state index in [-0.39, 0.29) is 18.3 Å². The number of rotatable bonds is 3. The van der Waals surface area contributed by atoms with E-state index in [1.165, 1.54) is 0 Å². The summed E-state index contributed by atoms with van der Waals surface area (Å²) >= 11 is 12.2. The fourth-order valence-corrected chi connectivity index (χ4v) is 3.59. The molecule has 1 amide bonds. The third-order valence-electron chi connectivity index (χ3n) is 4.84. The first-order valence-electron chi connectivity index (χ1n) is 7.87. The van der Waals surface area contributed by atoms with Gasteiger partial charge in [-0.3, -0.25) is 4.79 Å². The van der Waals surface area contributed by atoms with Crippen molar-refractivity contribution in [3.63, 3.8) is 0 Å². The van der Waals surface area contributed by atoms with Gasteiger partial charge in [0.15, 0.2) is 5.82 Å². The van der Waals surface area contributed by atoms with Gasteiger partial charge in [-0.15, -0.1) is 12.4 Å². The molecule has 1 aromatic carbocycles. The highest BCUT2D eigenvalue weighted by Gasteiger charge is 2.42. The minimum Gasteiger partial charge on any atom is -0.338 e. The van der Waals surface area contributed by atoms with Crippen LogP contribution in [0.4, 0.5) is 5.69 Å². The van der Waals surface area contributed by atoms with Gasteiger partial charge in [0, 0.05) is 11.6 Å². The molecule has 25 heavy (non-hydrogen) atoms. The second kappa shape index (κ2) is 6.76. The summed E-state index contributed by atoms with van der Waals surface area (Å²) in [4.78, 5) is 18.8. The summed E-state index contributed by atoms with van der Waals surface area (Å²) < 4.78 is 5.33. The van der Waals surface area contributed by atoms with Crippen LogP contribution in [0.3, 0.4) is 0 Å². The number of nitrogens with two attached hydrogens (primary N) is 1. The molecular weight excluding hydrogens is 387 g/mol. The van der Waals surface area contributed by atoms with Crippen LogP contribution >= 0.6 is 35.6 Å². The van der Waals surface area contributed by atoms with Crippen molar-refractivity contribution in [2.75, 3.05) is 11.4 Å². The fraction of sp³-hybridized carbons (Fsp3) is 0.438. The first kappa shape index (κ1) is 18.5. The van der Waals surface area contributed by atoms with Crippen LogP contribution in [0.2, 0.25) is 10.0 Å². The number of carbonyl (C=O) groups is 1. The maximum absolute atomic E-state index is 12.8. The lowest BCUT2D eigenvalue weighted by Crippen LogP contribution is -2.44. The minimum atomic E-state index is -0.501. The van der Waals surface area contributed by atoms with Gasteiger partial charge in [-0.05, 0) is 43.9 Å². The van der Waals surface area contributed by atoms with Gasteiger partial charge in [0.25, 0.3) is 0 Å². The number of carbonyl (C=O) groups excluding carboxylic acids is 1. The first-order valence-corrected chi connectivity index (χ1v) is 8.63. The lowest BCUT2D eigenvalue weighted by Gasteiger charge is -2.34. The molecule has 6 nitrogen and oxygen atoms in total. The molecule has 2 N–H and O–H groups in total. The zero-order valence-electron chi connectivity index (χ0n) is 13.2. The largest absolute Gasteiger partial charge is 0.338 e. The summed E-state index contributed by atoms with van der Waals surface area (Å²) in [5.41, 5.74) is 6.32. The van der Waals surface area contributed by atoms with Gasteiger partial charge in [-0.25, -0.2) is 0 Å². The molecule has 1 aliphatic heterocycles. The molecule has 1 saturated carbocycles. The Hall–Kier alpha value is -1.34. The van der Waals surface area contributed by atoms with Crippen molar-refractivity contribution in [2.45, 2.75) is 37.1 Å². The Labute approximate surface area is 161 Å². The Kier molecular flexibility index (Phi) is 4.99. The summed E-state index contributed by atoms with van der Waals surface area (Å²) in [6, 6.07) is 5.06. The number of amides is 1. The van der Waals surface area contributed by atoms with E-state index < -0.39 is 11.5 Å². The van der Waals surface area contributed by atoms with Crippen LogP contribution in [0.1, 0.15) is 43.3 Å². The van der Waals surface area contributed by atoms with Crippen molar-refractivity contribution in [3.8, 4) is 0 Å². The first-order chi connectivity index (χ1) is 11.5. The Bertz CT molecular complexity index is 806. The van der Waals surface area contributed by atoms with Crippen LogP contribution in [0, 0.1) is 0 Å². The second-order valence-corrected chi connectivity index (χ2v) is 7.24. The molecule has 1 saturated heterocycles. The van der Waals surface area contributed by atoms with Crippen LogP contribution in [-0.2, 0) is 10.3 Å². The molecule has 4 rings (SSSR count). The zero-order valence-corrected chi connectivity index (χ0v) is 15.6. The van der Waals surface area contributed by atoms with E-state index >= 15 is 0 Å². The predicted octanol–water partition coefficient (Wildman–Crippen LogP) is 3.66. The van der Waals surface area contributed by atoms with Crippen LogP contribution in [0.25, 0.3) is 0 Å². The normalized spacial score (nSPS) is 21.8. The number of halogens is 3. The highest BCUT2D eigenvalue weighted by molar-refractivity contribution is 6.36. The summed E-state index contributed by atoms with van der Waals surface area (Å²) in [5, 5.41) is 5.00. The predicted molar refractivity (Wildman–Crippen MR) is 97.4 cm³/mol. The van der Waals surface area contributed by atoms with E-state index in [0.29, 0.717) is 40.4 Å². The maximum Gasteiger partial charge on any atom is 0.239 e. The Morgan fingerprint density at radius 3 is 2.76 bits per heavy atom. The average molecular weight is 404 g/mol. The van der Waals surface area contributed by atoms with E-state index in [0.717, 1.165) is 19.3 Å². The third kappa shape index (κ3) is 3.12. The van der Waals surface area contributed by atoms with E-state index in [9.17, 15) is 4.79 Å². The van der Waals surface area contributed by atoms with E-state index in [4.69, 9.17) is 33.5 Å². The fourth-order valence-electron chi connectivity index (χ4n) is 3.20. The number of benzene rings is 1. The quantitative estimate of drug-likeness (QED) is 0.845. The lowest BCUT2D eigenvalue weighted by molar-refractivity contribution is -0.118. The SMILES string of the molecule is Cl.NC1(c2noc(C3CCN(c4cc(Cl)ccc4Cl)C3=O)n2)CCC1. The number of anilines is 1. The summed E-state index contributed by atoms with van der Waals surface area (Å²) in [5.74, 6) is 0.238. The van der Waals surface area contributed by atoms with Crippen molar-refractivity contribution < 1.29 is 9.32 Å². The molecule has 134 valence electrons. The monoisotopic (exact) mass is 402 g/mol. The van der Waals surface area contributed by atoms with Crippen LogP contribution in [0.5, 0.6) is 0 Å². The Balaban J connectivity index is 0.00000182. The zero-order chi connectivity index (χ0) is 16.9. The van der Waals surface area contributed by atoms with Gasteiger partial charge in [-0.1, -0.05) is 28.4 Å². The van der Waals surface area contributed by atoms with Crippen LogP contribution < -0.4 is 10.6 Å². The molecule has 2 fully saturated rings. The number of hydrogen-bond donors (Lipinski definition) is 1. The van der Waals surface area contributed by atoms with Gasteiger partial charge < -0.3 is 15.2 Å². The van der Waals surface area contributed by atoms with Crippen molar-refractivity contribution in [1.82, 2.24) is 10.1 Å². The van der Waals surface area contributed by atoms with E-state index in [1.807, 2.05) is 0 Å². The molecule has 0 radical (unpaired) electrons. The highest BCUT2D eigenvalue weighted by atomic mass is 35.5. The van der Waals surface area contributed by atoms with Gasteiger partial charge in [0.05, 0.1) is 16.2 Å². The number of nitrogens with zero attached hydrogens (tertiary/aromatic N) is 3. The van der Waals surface area contributed by atoms with Gasteiger partial charge in [0.2, 0.25) is 11.8 Å². The number of hydrogen-bond acceptors (Lipinski definition) is 5. The molecule has 1 aromatic heterocycles. The van der Waals surface area contributed by atoms with E-state index in [1.54, 1.807) is 23.1 Å². The third-order valence-corrected chi connectivity index (χ3v) is 5.39. The summed E-state index contributed by atoms with van der Waals surface area (Å²) in [6.45, 7) is 0.523. The van der Waals surface area contributed by atoms with Crippen molar-refractivity contribution >= 4 is 47.2 Å². The van der Waals surface area contributed by atoms with Gasteiger partial charge >= 0.3 is 0 Å².